The van der Waals surface area contributed by atoms with E-state index >= 15 is 0 Å². The third kappa shape index (κ3) is 3.56. The second kappa shape index (κ2) is 5.79. The Morgan fingerprint density at radius 1 is 1.24 bits per heavy atom. The van der Waals surface area contributed by atoms with Gasteiger partial charge in [-0.25, -0.2) is 8.42 Å². The van der Waals surface area contributed by atoms with Crippen LogP contribution in [0.15, 0.2) is 46.2 Å². The van der Waals surface area contributed by atoms with E-state index in [1.807, 2.05) is 25.1 Å². The molecule has 0 bridgehead atoms. The number of rotatable bonds is 4. The third-order valence-electron chi connectivity index (χ3n) is 2.76. The number of H-pyrrole nitrogens is 1. The molecule has 0 amide bonds. The summed E-state index contributed by atoms with van der Waals surface area (Å²) in [5.74, 6) is 0. The van der Waals surface area contributed by atoms with Crippen LogP contribution in [-0.4, -0.2) is 27.5 Å². The maximum Gasteiger partial charge on any atom is 0.266 e. The highest BCUT2D eigenvalue weighted by Gasteiger charge is 2.16. The molecule has 1 heterocycles. The van der Waals surface area contributed by atoms with E-state index in [-0.39, 0.29) is 9.92 Å². The van der Waals surface area contributed by atoms with Gasteiger partial charge in [0.05, 0.1) is 5.69 Å². The maximum atomic E-state index is 12.2. The average molecular weight is 328 g/mol. The van der Waals surface area contributed by atoms with Gasteiger partial charge in [-0.2, -0.15) is 0 Å². The van der Waals surface area contributed by atoms with E-state index in [0.717, 1.165) is 18.0 Å². The molecule has 0 saturated carbocycles. The normalized spacial score (nSPS) is 11.2. The summed E-state index contributed by atoms with van der Waals surface area (Å²) in [6.45, 7) is 0. The first-order chi connectivity index (χ1) is 9.79. The molecule has 21 heavy (non-hydrogen) atoms. The van der Waals surface area contributed by atoms with E-state index in [4.69, 9.17) is 11.6 Å². The summed E-state index contributed by atoms with van der Waals surface area (Å²) in [7, 11) is -0.105. The molecule has 1 aromatic carbocycles. The molecule has 112 valence electrons. The summed E-state index contributed by atoms with van der Waals surface area (Å²) in [5, 5.41) is -0.181. The van der Waals surface area contributed by atoms with Crippen molar-refractivity contribution >= 4 is 33.0 Å². The zero-order chi connectivity index (χ0) is 15.6. The Bertz CT molecular complexity index is 815. The van der Waals surface area contributed by atoms with Crippen molar-refractivity contribution in [2.45, 2.75) is 4.90 Å². The fourth-order valence-electron chi connectivity index (χ4n) is 1.65. The lowest BCUT2D eigenvalue weighted by atomic mass is 10.3. The smallest absolute Gasteiger partial charge is 0.266 e. The lowest BCUT2D eigenvalue weighted by molar-refractivity contribution is 0.600. The standard InChI is InChI=1S/C13H14ClN3O3S/c1-17(2)10-5-3-4-9(6-10)16-21(19,20)11-7-12(14)13(18)15-8-11/h3-8,16H,1-2H3,(H,15,18). The Morgan fingerprint density at radius 2 is 1.95 bits per heavy atom. The molecule has 0 atom stereocenters. The number of aromatic nitrogens is 1. The second-order valence-electron chi connectivity index (χ2n) is 4.56. The molecular weight excluding hydrogens is 314 g/mol. The summed E-state index contributed by atoms with van der Waals surface area (Å²) in [4.78, 5) is 15.2. The monoisotopic (exact) mass is 327 g/mol. The highest BCUT2D eigenvalue weighted by atomic mass is 35.5. The molecule has 2 rings (SSSR count). The number of benzene rings is 1. The minimum atomic E-state index is -3.82. The van der Waals surface area contributed by atoms with E-state index in [1.54, 1.807) is 18.2 Å². The lowest BCUT2D eigenvalue weighted by Gasteiger charge is -2.14. The summed E-state index contributed by atoms with van der Waals surface area (Å²) in [6.07, 6.45) is 1.10. The van der Waals surface area contributed by atoms with Gasteiger partial charge in [0.2, 0.25) is 0 Å². The van der Waals surface area contributed by atoms with Crippen molar-refractivity contribution in [1.82, 2.24) is 4.98 Å². The van der Waals surface area contributed by atoms with Crippen molar-refractivity contribution in [3.05, 3.63) is 51.9 Å². The molecule has 2 N–H and O–H groups in total. The molecule has 0 unspecified atom stereocenters. The van der Waals surface area contributed by atoms with Gasteiger partial charge in [-0.1, -0.05) is 17.7 Å². The topological polar surface area (TPSA) is 82.3 Å². The van der Waals surface area contributed by atoms with Crippen molar-refractivity contribution in [3.63, 3.8) is 0 Å². The first-order valence-electron chi connectivity index (χ1n) is 5.98. The predicted octanol–water partition coefficient (Wildman–Crippen LogP) is 1.90. The van der Waals surface area contributed by atoms with Gasteiger partial charge in [-0.05, 0) is 24.3 Å². The fourth-order valence-corrected chi connectivity index (χ4v) is 2.93. The van der Waals surface area contributed by atoms with Crippen LogP contribution in [0.4, 0.5) is 11.4 Å². The molecule has 1 aromatic heterocycles. The van der Waals surface area contributed by atoms with Gasteiger partial charge >= 0.3 is 0 Å². The first-order valence-corrected chi connectivity index (χ1v) is 7.84. The van der Waals surface area contributed by atoms with Gasteiger partial charge < -0.3 is 9.88 Å². The largest absolute Gasteiger partial charge is 0.378 e. The summed E-state index contributed by atoms with van der Waals surface area (Å²) in [6, 6.07) is 8.04. The Labute approximate surface area is 127 Å². The first kappa shape index (κ1) is 15.4. The van der Waals surface area contributed by atoms with Crippen molar-refractivity contribution in [1.29, 1.82) is 0 Å². The van der Waals surface area contributed by atoms with E-state index in [2.05, 4.69) is 9.71 Å². The van der Waals surface area contributed by atoms with Gasteiger partial charge in [-0.15, -0.1) is 0 Å². The van der Waals surface area contributed by atoms with Crippen LogP contribution in [0.25, 0.3) is 0 Å². The van der Waals surface area contributed by atoms with Gasteiger partial charge in [0.1, 0.15) is 9.92 Å². The van der Waals surface area contributed by atoms with Gasteiger partial charge in [0.25, 0.3) is 15.6 Å². The van der Waals surface area contributed by atoms with Crippen LogP contribution in [0.5, 0.6) is 0 Å². The van der Waals surface area contributed by atoms with Crippen molar-refractivity contribution in [2.24, 2.45) is 0 Å². The summed E-state index contributed by atoms with van der Waals surface area (Å²) in [5.41, 5.74) is 0.739. The molecule has 0 aliphatic heterocycles. The zero-order valence-corrected chi connectivity index (χ0v) is 13.0. The minimum absolute atomic E-state index is 0.109. The van der Waals surface area contributed by atoms with Crippen LogP contribution in [0.2, 0.25) is 5.02 Å². The van der Waals surface area contributed by atoms with Crippen LogP contribution in [0.3, 0.4) is 0 Å². The molecule has 0 spiro atoms. The maximum absolute atomic E-state index is 12.2. The quantitative estimate of drug-likeness (QED) is 0.898. The van der Waals surface area contributed by atoms with E-state index < -0.39 is 15.6 Å². The Hall–Kier alpha value is -1.99. The number of pyridine rings is 1. The highest BCUT2D eigenvalue weighted by Crippen LogP contribution is 2.21. The van der Waals surface area contributed by atoms with Crippen molar-refractivity contribution in [2.75, 3.05) is 23.7 Å². The molecule has 0 aliphatic rings. The third-order valence-corrected chi connectivity index (χ3v) is 4.40. The summed E-state index contributed by atoms with van der Waals surface area (Å²) < 4.78 is 26.9. The zero-order valence-electron chi connectivity index (χ0n) is 11.4. The molecule has 2 aromatic rings. The Kier molecular flexibility index (Phi) is 4.24. The van der Waals surface area contributed by atoms with Crippen LogP contribution < -0.4 is 15.2 Å². The molecule has 6 nitrogen and oxygen atoms in total. The molecule has 0 radical (unpaired) electrons. The average Bonchev–Trinajstić information content (AvgIpc) is 2.41. The predicted molar refractivity (Wildman–Crippen MR) is 83.7 cm³/mol. The number of nitrogens with one attached hydrogen (secondary N) is 2. The van der Waals surface area contributed by atoms with E-state index in [1.165, 1.54) is 0 Å². The molecule has 0 fully saturated rings. The summed E-state index contributed by atoms with van der Waals surface area (Å²) >= 11 is 5.65. The van der Waals surface area contributed by atoms with Gasteiger partial charge in [0.15, 0.2) is 0 Å². The fraction of sp³-hybridized carbons (Fsp3) is 0.154. The number of sulfonamides is 1. The second-order valence-corrected chi connectivity index (χ2v) is 6.65. The van der Waals surface area contributed by atoms with Crippen LogP contribution in [-0.2, 0) is 10.0 Å². The number of anilines is 2. The Morgan fingerprint density at radius 3 is 2.57 bits per heavy atom. The van der Waals surface area contributed by atoms with Crippen LogP contribution in [0, 0.1) is 0 Å². The van der Waals surface area contributed by atoms with Gasteiger partial charge in [-0.3, -0.25) is 9.52 Å². The molecular formula is C13H14ClN3O3S. The minimum Gasteiger partial charge on any atom is -0.378 e. The van der Waals surface area contributed by atoms with E-state index in [9.17, 15) is 13.2 Å². The van der Waals surface area contributed by atoms with Crippen LogP contribution >= 0.6 is 11.6 Å². The number of aromatic amines is 1. The number of hydrogen-bond donors (Lipinski definition) is 2. The number of hydrogen-bond acceptors (Lipinski definition) is 4. The highest BCUT2D eigenvalue weighted by molar-refractivity contribution is 7.92. The Balaban J connectivity index is 2.35. The van der Waals surface area contributed by atoms with Crippen molar-refractivity contribution in [3.8, 4) is 0 Å². The van der Waals surface area contributed by atoms with E-state index in [0.29, 0.717) is 5.69 Å². The number of halogens is 1. The molecule has 0 saturated heterocycles. The van der Waals surface area contributed by atoms with Crippen molar-refractivity contribution < 1.29 is 8.42 Å². The number of nitrogens with zero attached hydrogens (tertiary/aromatic N) is 1. The van der Waals surface area contributed by atoms with Crippen LogP contribution in [0.1, 0.15) is 0 Å². The SMILES string of the molecule is CN(C)c1cccc(NS(=O)(=O)c2c[nH]c(=O)c(Cl)c2)c1. The van der Waals surface area contributed by atoms with Gasteiger partial charge in [0, 0.05) is 26.0 Å². The molecule has 8 heteroatoms. The molecule has 0 aliphatic carbocycles. The lowest BCUT2D eigenvalue weighted by Crippen LogP contribution is -2.16.